The number of carbonyl (C=O) groups excluding carboxylic acids is 1. The standard InChI is InChI=1S/C9H15N3O2S/c1-9(2,3)12-7(13)10-4-6-5-15-8(14)11-6/h5H,4H2,1-3H3,(H,11,14)(H2,10,12,13). The molecule has 84 valence electrons. The van der Waals surface area contributed by atoms with E-state index in [2.05, 4.69) is 15.6 Å². The SMILES string of the molecule is CC(C)(C)NC(=O)NCc1csc(=O)[nH]1. The Kier molecular flexibility index (Phi) is 3.52. The molecule has 0 aliphatic heterocycles. The highest BCUT2D eigenvalue weighted by atomic mass is 32.1. The van der Waals surface area contributed by atoms with Crippen LogP contribution in [0.5, 0.6) is 0 Å². The van der Waals surface area contributed by atoms with Gasteiger partial charge >= 0.3 is 10.9 Å². The van der Waals surface area contributed by atoms with E-state index in [1.165, 1.54) is 0 Å². The van der Waals surface area contributed by atoms with Crippen LogP contribution in [0.3, 0.4) is 0 Å². The van der Waals surface area contributed by atoms with E-state index >= 15 is 0 Å². The van der Waals surface area contributed by atoms with Crippen molar-refractivity contribution < 1.29 is 4.79 Å². The van der Waals surface area contributed by atoms with Crippen LogP contribution in [0.25, 0.3) is 0 Å². The van der Waals surface area contributed by atoms with Gasteiger partial charge < -0.3 is 15.6 Å². The summed E-state index contributed by atoms with van der Waals surface area (Å²) in [7, 11) is 0. The molecule has 0 aliphatic rings. The van der Waals surface area contributed by atoms with Crippen LogP contribution in [0.15, 0.2) is 10.2 Å². The van der Waals surface area contributed by atoms with Crippen molar-refractivity contribution in [2.75, 3.05) is 0 Å². The van der Waals surface area contributed by atoms with E-state index in [1.54, 1.807) is 5.38 Å². The summed E-state index contributed by atoms with van der Waals surface area (Å²) < 4.78 is 0. The monoisotopic (exact) mass is 229 g/mol. The molecule has 5 nitrogen and oxygen atoms in total. The molecule has 15 heavy (non-hydrogen) atoms. The summed E-state index contributed by atoms with van der Waals surface area (Å²) in [6.07, 6.45) is 0. The van der Waals surface area contributed by atoms with Gasteiger partial charge in [-0.2, -0.15) is 0 Å². The zero-order chi connectivity index (χ0) is 11.5. The molecule has 0 aliphatic carbocycles. The Bertz CT molecular complexity index is 389. The normalized spacial score (nSPS) is 11.1. The zero-order valence-electron chi connectivity index (χ0n) is 9.01. The minimum Gasteiger partial charge on any atom is -0.334 e. The zero-order valence-corrected chi connectivity index (χ0v) is 9.83. The molecule has 0 unspecified atom stereocenters. The number of urea groups is 1. The van der Waals surface area contributed by atoms with Crippen molar-refractivity contribution in [3.05, 3.63) is 20.7 Å². The van der Waals surface area contributed by atoms with Gasteiger partial charge in [0, 0.05) is 16.6 Å². The number of aromatic nitrogens is 1. The number of carbonyl (C=O) groups is 1. The Hall–Kier alpha value is -1.30. The molecule has 3 N–H and O–H groups in total. The molecule has 0 saturated carbocycles. The fourth-order valence-electron chi connectivity index (χ4n) is 0.961. The van der Waals surface area contributed by atoms with Crippen molar-refractivity contribution in [3.63, 3.8) is 0 Å². The summed E-state index contributed by atoms with van der Waals surface area (Å²) in [4.78, 5) is 24.6. The van der Waals surface area contributed by atoms with Crippen molar-refractivity contribution in [1.82, 2.24) is 15.6 Å². The van der Waals surface area contributed by atoms with Gasteiger partial charge in [0.15, 0.2) is 0 Å². The lowest BCUT2D eigenvalue weighted by atomic mass is 10.1. The minimum atomic E-state index is -0.258. The summed E-state index contributed by atoms with van der Waals surface area (Å²) >= 11 is 1.09. The second kappa shape index (κ2) is 4.48. The third kappa shape index (κ3) is 4.64. The van der Waals surface area contributed by atoms with Crippen LogP contribution in [0.2, 0.25) is 0 Å². The van der Waals surface area contributed by atoms with E-state index in [1.807, 2.05) is 20.8 Å². The number of H-pyrrole nitrogens is 1. The molecule has 1 rings (SSSR count). The molecule has 2 amide bonds. The lowest BCUT2D eigenvalue weighted by molar-refractivity contribution is 0.231. The van der Waals surface area contributed by atoms with Gasteiger partial charge in [-0.25, -0.2) is 4.79 Å². The van der Waals surface area contributed by atoms with Crippen LogP contribution in [0, 0.1) is 0 Å². The van der Waals surface area contributed by atoms with Crippen LogP contribution in [0.4, 0.5) is 4.79 Å². The molecule has 0 fully saturated rings. The first-order chi connectivity index (χ1) is 6.87. The summed E-state index contributed by atoms with van der Waals surface area (Å²) in [5, 5.41) is 7.11. The highest BCUT2D eigenvalue weighted by molar-refractivity contribution is 7.07. The number of aromatic amines is 1. The van der Waals surface area contributed by atoms with E-state index < -0.39 is 0 Å². The molecule has 1 heterocycles. The fourth-order valence-corrected chi connectivity index (χ4v) is 1.54. The number of nitrogens with one attached hydrogen (secondary N) is 3. The van der Waals surface area contributed by atoms with Crippen molar-refractivity contribution in [2.24, 2.45) is 0 Å². The first kappa shape index (κ1) is 11.8. The van der Waals surface area contributed by atoms with Gasteiger partial charge in [0.25, 0.3) is 0 Å². The molecule has 0 atom stereocenters. The van der Waals surface area contributed by atoms with E-state index in [4.69, 9.17) is 0 Å². The largest absolute Gasteiger partial charge is 0.334 e. The maximum Gasteiger partial charge on any atom is 0.315 e. The predicted octanol–water partition coefficient (Wildman–Crippen LogP) is 1.03. The van der Waals surface area contributed by atoms with Crippen LogP contribution in [-0.4, -0.2) is 16.6 Å². The first-order valence-electron chi connectivity index (χ1n) is 4.59. The Morgan fingerprint density at radius 3 is 2.67 bits per heavy atom. The molecule has 0 bridgehead atoms. The molecular formula is C9H15N3O2S. The summed E-state index contributed by atoms with van der Waals surface area (Å²) in [6, 6.07) is -0.241. The summed E-state index contributed by atoms with van der Waals surface area (Å²) in [6.45, 7) is 6.04. The molecule has 0 spiro atoms. The van der Waals surface area contributed by atoms with Crippen LogP contribution < -0.4 is 15.5 Å². The van der Waals surface area contributed by atoms with Crippen molar-refractivity contribution in [2.45, 2.75) is 32.9 Å². The van der Waals surface area contributed by atoms with Crippen molar-refractivity contribution in [3.8, 4) is 0 Å². The van der Waals surface area contributed by atoms with Crippen LogP contribution in [-0.2, 0) is 6.54 Å². The topological polar surface area (TPSA) is 74.0 Å². The van der Waals surface area contributed by atoms with Gasteiger partial charge in [-0.1, -0.05) is 11.3 Å². The second-order valence-corrected chi connectivity index (χ2v) is 5.07. The van der Waals surface area contributed by atoms with Gasteiger partial charge in [0.2, 0.25) is 0 Å². The van der Waals surface area contributed by atoms with E-state index in [0.29, 0.717) is 12.2 Å². The number of hydrogen-bond donors (Lipinski definition) is 3. The van der Waals surface area contributed by atoms with Gasteiger partial charge in [-0.05, 0) is 20.8 Å². The van der Waals surface area contributed by atoms with Gasteiger partial charge in [-0.3, -0.25) is 4.79 Å². The number of amides is 2. The highest BCUT2D eigenvalue weighted by Crippen LogP contribution is 1.98. The first-order valence-corrected chi connectivity index (χ1v) is 5.47. The van der Waals surface area contributed by atoms with Gasteiger partial charge in [-0.15, -0.1) is 0 Å². The lowest BCUT2D eigenvalue weighted by Crippen LogP contribution is -2.46. The molecule has 1 aromatic heterocycles. The lowest BCUT2D eigenvalue weighted by Gasteiger charge is -2.20. The van der Waals surface area contributed by atoms with E-state index in [9.17, 15) is 9.59 Å². The minimum absolute atomic E-state index is 0.108. The molecule has 0 saturated heterocycles. The van der Waals surface area contributed by atoms with Crippen molar-refractivity contribution >= 4 is 17.4 Å². The molecule has 0 aromatic carbocycles. The Morgan fingerprint density at radius 1 is 1.53 bits per heavy atom. The maximum absolute atomic E-state index is 11.3. The smallest absolute Gasteiger partial charge is 0.315 e. The predicted molar refractivity (Wildman–Crippen MR) is 60.1 cm³/mol. The highest BCUT2D eigenvalue weighted by Gasteiger charge is 2.12. The average Bonchev–Trinajstić information content (AvgIpc) is 2.45. The maximum atomic E-state index is 11.3. The summed E-state index contributed by atoms with van der Waals surface area (Å²) in [5.74, 6) is 0. The molecule has 6 heteroatoms. The van der Waals surface area contributed by atoms with Crippen LogP contribution in [0.1, 0.15) is 26.5 Å². The van der Waals surface area contributed by atoms with Crippen molar-refractivity contribution in [1.29, 1.82) is 0 Å². The fraction of sp³-hybridized carbons (Fsp3) is 0.556. The number of rotatable bonds is 2. The number of thiazole rings is 1. The van der Waals surface area contributed by atoms with Crippen LogP contribution >= 0.6 is 11.3 Å². The Morgan fingerprint density at radius 2 is 2.20 bits per heavy atom. The molecule has 1 aromatic rings. The number of hydrogen-bond acceptors (Lipinski definition) is 3. The Balaban J connectivity index is 2.38. The summed E-state index contributed by atoms with van der Waals surface area (Å²) in [5.41, 5.74) is 0.459. The molecular weight excluding hydrogens is 214 g/mol. The molecule has 0 radical (unpaired) electrons. The van der Waals surface area contributed by atoms with Gasteiger partial charge in [0.05, 0.1) is 6.54 Å². The quantitative estimate of drug-likeness (QED) is 0.708. The Labute approximate surface area is 91.9 Å². The third-order valence-corrected chi connectivity index (χ3v) is 2.22. The third-order valence-electron chi connectivity index (χ3n) is 1.50. The van der Waals surface area contributed by atoms with E-state index in [-0.39, 0.29) is 16.4 Å². The second-order valence-electron chi connectivity index (χ2n) is 4.23. The van der Waals surface area contributed by atoms with E-state index in [0.717, 1.165) is 11.3 Å². The van der Waals surface area contributed by atoms with Gasteiger partial charge in [0.1, 0.15) is 0 Å². The average molecular weight is 229 g/mol.